The van der Waals surface area contributed by atoms with Crippen molar-refractivity contribution in [2.24, 2.45) is 0 Å². The monoisotopic (exact) mass is 691 g/mol. The van der Waals surface area contributed by atoms with Crippen molar-refractivity contribution in [1.29, 1.82) is 0 Å². The second-order valence-corrected chi connectivity index (χ2v) is 8.65. The highest BCUT2D eigenvalue weighted by Crippen LogP contribution is 2.35. The average molecular weight is 691 g/mol. The molecule has 0 spiro atoms. The number of halogens is 3. The number of nitrogens with two attached hydrogens (primary N) is 1. The van der Waals surface area contributed by atoms with Crippen LogP contribution in [0.1, 0.15) is 23.6 Å². The SMILES string of the molecule is CC(=O)OCc1ccccc1.Nc1c(I)c2c(I)c(c1I)CC(=O)OC2. The van der Waals surface area contributed by atoms with Gasteiger partial charge in [-0.3, -0.25) is 9.59 Å². The van der Waals surface area contributed by atoms with Gasteiger partial charge in [0.15, 0.2) is 0 Å². The Morgan fingerprint density at radius 3 is 2.35 bits per heavy atom. The number of hydrogen-bond acceptors (Lipinski definition) is 5. The lowest BCUT2D eigenvalue weighted by Crippen LogP contribution is -2.06. The van der Waals surface area contributed by atoms with Gasteiger partial charge in [0.2, 0.25) is 0 Å². The number of fused-ring (bicyclic) bond motifs is 2. The minimum absolute atomic E-state index is 0.178. The molecule has 3 rings (SSSR count). The normalized spacial score (nSPS) is 12.4. The van der Waals surface area contributed by atoms with Gasteiger partial charge in [0, 0.05) is 23.2 Å². The molecule has 0 aromatic heterocycles. The molecule has 2 N–H and O–H groups in total. The van der Waals surface area contributed by atoms with Gasteiger partial charge in [0.05, 0.1) is 12.1 Å². The van der Waals surface area contributed by atoms with Crippen LogP contribution in [0.15, 0.2) is 30.3 Å². The van der Waals surface area contributed by atoms with E-state index in [9.17, 15) is 9.59 Å². The van der Waals surface area contributed by atoms with E-state index in [2.05, 4.69) is 67.8 Å². The van der Waals surface area contributed by atoms with Crippen molar-refractivity contribution in [2.45, 2.75) is 26.6 Å². The highest BCUT2D eigenvalue weighted by atomic mass is 127. The van der Waals surface area contributed by atoms with Crippen LogP contribution >= 0.6 is 67.8 Å². The van der Waals surface area contributed by atoms with Crippen molar-refractivity contribution in [2.75, 3.05) is 5.73 Å². The van der Waals surface area contributed by atoms with Crippen LogP contribution in [0, 0.1) is 10.7 Å². The van der Waals surface area contributed by atoms with Gasteiger partial charge in [-0.15, -0.1) is 0 Å². The van der Waals surface area contributed by atoms with Crippen LogP contribution in [-0.2, 0) is 38.7 Å². The Hall–Kier alpha value is -0.630. The second kappa shape index (κ2) is 10.1. The average Bonchev–Trinajstić information content (AvgIpc) is 2.75. The first kappa shape index (κ1) is 21.7. The molecule has 0 aliphatic carbocycles. The molecule has 0 unspecified atom stereocenters. The summed E-state index contributed by atoms with van der Waals surface area (Å²) in [4.78, 5) is 21.8. The number of ether oxygens (including phenoxy) is 2. The number of rotatable bonds is 2. The van der Waals surface area contributed by atoms with E-state index in [1.165, 1.54) is 6.92 Å². The van der Waals surface area contributed by atoms with Gasteiger partial charge in [-0.05, 0) is 78.9 Å². The summed E-state index contributed by atoms with van der Waals surface area (Å²) in [6, 6.07) is 9.60. The number of carbonyl (C=O) groups is 2. The molecule has 0 amide bonds. The summed E-state index contributed by atoms with van der Waals surface area (Å²) in [7, 11) is 0. The van der Waals surface area contributed by atoms with Gasteiger partial charge in [-0.1, -0.05) is 30.3 Å². The number of esters is 2. The Morgan fingerprint density at radius 1 is 1.12 bits per heavy atom. The number of carbonyl (C=O) groups excluding carboxylic acids is 2. The van der Waals surface area contributed by atoms with Gasteiger partial charge < -0.3 is 15.2 Å². The molecule has 0 atom stereocenters. The van der Waals surface area contributed by atoms with Gasteiger partial charge in [-0.2, -0.15) is 0 Å². The first-order valence-corrected chi connectivity index (χ1v) is 10.8. The minimum Gasteiger partial charge on any atom is -0.461 e. The number of anilines is 1. The molecule has 1 aliphatic heterocycles. The van der Waals surface area contributed by atoms with E-state index in [-0.39, 0.29) is 11.9 Å². The van der Waals surface area contributed by atoms with Gasteiger partial charge in [0.1, 0.15) is 13.2 Å². The number of nitrogen functional groups attached to an aromatic ring is 1. The van der Waals surface area contributed by atoms with E-state index in [4.69, 9.17) is 15.2 Å². The zero-order valence-corrected chi connectivity index (χ0v) is 20.3. The van der Waals surface area contributed by atoms with E-state index in [1.807, 2.05) is 30.3 Å². The fourth-order valence-electron chi connectivity index (χ4n) is 2.19. The summed E-state index contributed by atoms with van der Waals surface area (Å²) in [5, 5.41) is 0. The van der Waals surface area contributed by atoms with Crippen LogP contribution in [-0.4, -0.2) is 11.9 Å². The number of hydrogen-bond donors (Lipinski definition) is 1. The Labute approximate surface area is 192 Å². The van der Waals surface area contributed by atoms with E-state index >= 15 is 0 Å². The van der Waals surface area contributed by atoms with Crippen LogP contribution < -0.4 is 5.73 Å². The quantitative estimate of drug-likeness (QED) is 0.287. The van der Waals surface area contributed by atoms with Crippen molar-refractivity contribution in [1.82, 2.24) is 0 Å². The van der Waals surface area contributed by atoms with Crippen molar-refractivity contribution in [3.63, 3.8) is 0 Å². The van der Waals surface area contributed by atoms with Crippen LogP contribution in [0.5, 0.6) is 0 Å². The molecule has 0 saturated heterocycles. The standard InChI is InChI=1S/C9H6I3NO2.C9H10O2/c10-6-3-1-5(14)15-2-4(6)8(12)9(13)7(3)11;1-8(10)11-7-9-5-3-2-4-6-9/h1-2,13H2;2-6H,7H2,1H3. The third-order valence-corrected chi connectivity index (χ3v) is 7.28. The van der Waals surface area contributed by atoms with E-state index in [0.29, 0.717) is 19.6 Å². The molecule has 0 fully saturated rings. The maximum absolute atomic E-state index is 11.4. The van der Waals surface area contributed by atoms with Crippen molar-refractivity contribution in [3.05, 3.63) is 57.7 Å². The van der Waals surface area contributed by atoms with Crippen LogP contribution in [0.25, 0.3) is 0 Å². The van der Waals surface area contributed by atoms with Gasteiger partial charge in [-0.25, -0.2) is 0 Å². The lowest BCUT2D eigenvalue weighted by Gasteiger charge is -2.12. The fourth-order valence-corrected chi connectivity index (χ4v) is 6.04. The maximum Gasteiger partial charge on any atom is 0.310 e. The summed E-state index contributed by atoms with van der Waals surface area (Å²) in [5.41, 5.74) is 9.81. The summed E-state index contributed by atoms with van der Waals surface area (Å²) in [5.74, 6) is -0.420. The molecule has 26 heavy (non-hydrogen) atoms. The predicted octanol–water partition coefficient (Wildman–Crippen LogP) is 4.43. The molecule has 0 radical (unpaired) electrons. The van der Waals surface area contributed by atoms with Crippen LogP contribution in [0.4, 0.5) is 5.69 Å². The second-order valence-electron chi connectivity index (χ2n) is 5.42. The smallest absolute Gasteiger partial charge is 0.310 e. The lowest BCUT2D eigenvalue weighted by atomic mass is 10.1. The molecule has 2 bridgehead atoms. The summed E-state index contributed by atoms with van der Waals surface area (Å²) in [6.45, 7) is 2.11. The highest BCUT2D eigenvalue weighted by Gasteiger charge is 2.24. The summed E-state index contributed by atoms with van der Waals surface area (Å²) in [6.07, 6.45) is 0.324. The summed E-state index contributed by atoms with van der Waals surface area (Å²) >= 11 is 6.66. The van der Waals surface area contributed by atoms with Crippen molar-refractivity contribution < 1.29 is 19.1 Å². The lowest BCUT2D eigenvalue weighted by molar-refractivity contribution is -0.144. The highest BCUT2D eigenvalue weighted by molar-refractivity contribution is 14.1. The molecule has 2 aromatic carbocycles. The Kier molecular flexibility index (Phi) is 8.39. The molecule has 1 aliphatic rings. The van der Waals surface area contributed by atoms with E-state index in [0.717, 1.165) is 33.1 Å². The molecule has 5 nitrogen and oxygen atoms in total. The van der Waals surface area contributed by atoms with E-state index < -0.39 is 0 Å². The van der Waals surface area contributed by atoms with Gasteiger partial charge >= 0.3 is 11.9 Å². The Morgan fingerprint density at radius 2 is 1.73 bits per heavy atom. The first-order chi connectivity index (χ1) is 12.3. The molecular formula is C18H16I3NO4. The van der Waals surface area contributed by atoms with Crippen LogP contribution in [0.3, 0.4) is 0 Å². The van der Waals surface area contributed by atoms with E-state index in [1.54, 1.807) is 0 Å². The predicted molar refractivity (Wildman–Crippen MR) is 124 cm³/mol. The fraction of sp³-hybridized carbons (Fsp3) is 0.222. The number of cyclic esters (lactones) is 1. The Bertz CT molecular complexity index is 825. The molecule has 2 aromatic rings. The molecule has 0 saturated carbocycles. The zero-order valence-electron chi connectivity index (χ0n) is 13.9. The summed E-state index contributed by atoms with van der Waals surface area (Å²) < 4.78 is 13.0. The third kappa shape index (κ3) is 5.68. The Balaban J connectivity index is 0.000000197. The van der Waals surface area contributed by atoms with Crippen molar-refractivity contribution >= 4 is 85.4 Å². The third-order valence-electron chi connectivity index (χ3n) is 3.52. The molecule has 8 heteroatoms. The largest absolute Gasteiger partial charge is 0.461 e. The molecule has 138 valence electrons. The zero-order chi connectivity index (χ0) is 19.3. The van der Waals surface area contributed by atoms with Crippen LogP contribution in [0.2, 0.25) is 0 Å². The molecule has 1 heterocycles. The molecular weight excluding hydrogens is 675 g/mol. The minimum atomic E-state index is -0.242. The van der Waals surface area contributed by atoms with Crippen molar-refractivity contribution in [3.8, 4) is 0 Å². The maximum atomic E-state index is 11.4. The first-order valence-electron chi connectivity index (χ1n) is 7.57. The topological polar surface area (TPSA) is 78.6 Å². The number of benzene rings is 2. The van der Waals surface area contributed by atoms with Gasteiger partial charge in [0.25, 0.3) is 0 Å².